The fourth-order valence-corrected chi connectivity index (χ4v) is 2.81. The SMILES string of the molecule is CC1OC(O)CC(N2CC2)C1OS(C)(=O)=O. The lowest BCUT2D eigenvalue weighted by atomic mass is 10.00. The van der Waals surface area contributed by atoms with Crippen LogP contribution in [0.4, 0.5) is 0 Å². The molecule has 2 rings (SSSR count). The van der Waals surface area contributed by atoms with Gasteiger partial charge in [-0.25, -0.2) is 0 Å². The summed E-state index contributed by atoms with van der Waals surface area (Å²) in [5.41, 5.74) is 0. The number of aliphatic hydroxyl groups excluding tert-OH is 1. The summed E-state index contributed by atoms with van der Waals surface area (Å²) in [5.74, 6) is 0. The first-order valence-corrected chi connectivity index (χ1v) is 7.14. The van der Waals surface area contributed by atoms with Crippen LogP contribution in [0.3, 0.4) is 0 Å². The van der Waals surface area contributed by atoms with Crippen molar-refractivity contribution in [3.63, 3.8) is 0 Å². The Kier molecular flexibility index (Phi) is 3.24. The predicted octanol–water partition coefficient (Wildman–Crippen LogP) is -0.857. The quantitative estimate of drug-likeness (QED) is 0.520. The molecule has 94 valence electrons. The summed E-state index contributed by atoms with van der Waals surface area (Å²) < 4.78 is 32.6. The molecule has 6 nitrogen and oxygen atoms in total. The predicted molar refractivity (Wildman–Crippen MR) is 56.2 cm³/mol. The first-order valence-electron chi connectivity index (χ1n) is 5.32. The van der Waals surface area contributed by atoms with Gasteiger partial charge < -0.3 is 9.84 Å². The van der Waals surface area contributed by atoms with E-state index in [2.05, 4.69) is 4.90 Å². The molecule has 0 saturated carbocycles. The Hall–Kier alpha value is -0.210. The van der Waals surface area contributed by atoms with E-state index in [1.807, 2.05) is 0 Å². The molecular weight excluding hydrogens is 234 g/mol. The zero-order chi connectivity index (χ0) is 11.9. The van der Waals surface area contributed by atoms with Crippen LogP contribution in [-0.2, 0) is 19.0 Å². The van der Waals surface area contributed by atoms with Gasteiger partial charge in [-0.3, -0.25) is 9.08 Å². The smallest absolute Gasteiger partial charge is 0.264 e. The van der Waals surface area contributed by atoms with Crippen LogP contribution in [0.25, 0.3) is 0 Å². The van der Waals surface area contributed by atoms with E-state index >= 15 is 0 Å². The minimum atomic E-state index is -3.50. The summed E-state index contributed by atoms with van der Waals surface area (Å²) in [6, 6.07) is -0.0755. The molecule has 0 aromatic carbocycles. The molecule has 2 fully saturated rings. The Morgan fingerprint density at radius 3 is 2.56 bits per heavy atom. The molecule has 0 aromatic heterocycles. The lowest BCUT2D eigenvalue weighted by Gasteiger charge is -2.38. The highest BCUT2D eigenvalue weighted by Gasteiger charge is 2.44. The van der Waals surface area contributed by atoms with E-state index in [0.717, 1.165) is 19.3 Å². The molecule has 0 radical (unpaired) electrons. The number of nitrogens with zero attached hydrogens (tertiary/aromatic N) is 1. The summed E-state index contributed by atoms with van der Waals surface area (Å²) in [7, 11) is -3.50. The summed E-state index contributed by atoms with van der Waals surface area (Å²) in [6.45, 7) is 3.57. The third-order valence-corrected chi connectivity index (χ3v) is 3.47. The van der Waals surface area contributed by atoms with Crippen molar-refractivity contribution in [2.24, 2.45) is 0 Å². The average Bonchev–Trinajstić information content (AvgIpc) is 2.90. The molecule has 0 aromatic rings. The number of hydrogen-bond acceptors (Lipinski definition) is 6. The highest BCUT2D eigenvalue weighted by Crippen LogP contribution is 2.29. The normalized spacial score (nSPS) is 40.9. The Balaban J connectivity index is 2.11. The van der Waals surface area contributed by atoms with E-state index in [9.17, 15) is 13.5 Å². The zero-order valence-electron chi connectivity index (χ0n) is 9.37. The Bertz CT molecular complexity index is 353. The number of hydrogen-bond donors (Lipinski definition) is 1. The molecule has 7 heteroatoms. The van der Waals surface area contributed by atoms with Crippen LogP contribution in [0.15, 0.2) is 0 Å². The van der Waals surface area contributed by atoms with Gasteiger partial charge in [0.25, 0.3) is 10.1 Å². The van der Waals surface area contributed by atoms with Crippen molar-refractivity contribution >= 4 is 10.1 Å². The van der Waals surface area contributed by atoms with Crippen LogP contribution in [0.1, 0.15) is 13.3 Å². The van der Waals surface area contributed by atoms with Crippen molar-refractivity contribution in [3.8, 4) is 0 Å². The van der Waals surface area contributed by atoms with Crippen LogP contribution < -0.4 is 0 Å². The lowest BCUT2D eigenvalue weighted by Crippen LogP contribution is -2.52. The van der Waals surface area contributed by atoms with Crippen molar-refractivity contribution < 1.29 is 22.4 Å². The molecule has 2 saturated heterocycles. The minimum Gasteiger partial charge on any atom is -0.368 e. The summed E-state index contributed by atoms with van der Waals surface area (Å²) >= 11 is 0. The van der Waals surface area contributed by atoms with Gasteiger partial charge in [-0.2, -0.15) is 8.42 Å². The van der Waals surface area contributed by atoms with Crippen molar-refractivity contribution in [2.45, 2.75) is 37.9 Å². The zero-order valence-corrected chi connectivity index (χ0v) is 10.2. The number of rotatable bonds is 3. The fourth-order valence-electron chi connectivity index (χ4n) is 2.12. The average molecular weight is 251 g/mol. The van der Waals surface area contributed by atoms with Gasteiger partial charge in [0.1, 0.15) is 6.10 Å². The molecule has 0 amide bonds. The van der Waals surface area contributed by atoms with E-state index in [0.29, 0.717) is 6.42 Å². The first-order chi connectivity index (χ1) is 7.37. The van der Waals surface area contributed by atoms with Gasteiger partial charge in [0.15, 0.2) is 6.29 Å². The molecule has 0 bridgehead atoms. The third-order valence-electron chi connectivity index (χ3n) is 2.89. The molecule has 1 N–H and O–H groups in total. The van der Waals surface area contributed by atoms with Crippen LogP contribution in [-0.4, -0.2) is 62.3 Å². The molecule has 2 aliphatic rings. The molecular formula is C9H17NO5S. The molecule has 0 spiro atoms. The number of ether oxygens (including phenoxy) is 1. The molecule has 4 atom stereocenters. The summed E-state index contributed by atoms with van der Waals surface area (Å²) in [5, 5.41) is 9.49. The van der Waals surface area contributed by atoms with E-state index in [1.165, 1.54) is 0 Å². The Morgan fingerprint density at radius 1 is 1.44 bits per heavy atom. The second kappa shape index (κ2) is 4.23. The maximum Gasteiger partial charge on any atom is 0.264 e. The minimum absolute atomic E-state index is 0.0755. The van der Waals surface area contributed by atoms with E-state index in [-0.39, 0.29) is 6.04 Å². The fraction of sp³-hybridized carbons (Fsp3) is 1.00. The highest BCUT2D eigenvalue weighted by atomic mass is 32.2. The maximum absolute atomic E-state index is 11.2. The van der Waals surface area contributed by atoms with E-state index in [4.69, 9.17) is 8.92 Å². The van der Waals surface area contributed by atoms with Crippen molar-refractivity contribution in [1.82, 2.24) is 4.90 Å². The number of aliphatic hydroxyl groups is 1. The first kappa shape index (κ1) is 12.3. The molecule has 2 heterocycles. The molecule has 16 heavy (non-hydrogen) atoms. The van der Waals surface area contributed by atoms with Gasteiger partial charge in [-0.05, 0) is 6.92 Å². The van der Waals surface area contributed by atoms with Gasteiger partial charge >= 0.3 is 0 Å². The molecule has 4 unspecified atom stereocenters. The van der Waals surface area contributed by atoms with Crippen LogP contribution in [0, 0.1) is 0 Å². The van der Waals surface area contributed by atoms with E-state index < -0.39 is 28.6 Å². The third kappa shape index (κ3) is 2.92. The maximum atomic E-state index is 11.2. The van der Waals surface area contributed by atoms with Crippen LogP contribution >= 0.6 is 0 Å². The Morgan fingerprint density at radius 2 is 2.06 bits per heavy atom. The van der Waals surface area contributed by atoms with E-state index in [1.54, 1.807) is 6.92 Å². The Labute approximate surface area is 95.3 Å². The molecule has 2 aliphatic heterocycles. The topological polar surface area (TPSA) is 75.8 Å². The summed E-state index contributed by atoms with van der Waals surface area (Å²) in [6.07, 6.45) is -0.362. The van der Waals surface area contributed by atoms with Crippen LogP contribution in [0.2, 0.25) is 0 Å². The van der Waals surface area contributed by atoms with Gasteiger partial charge in [0.05, 0.1) is 12.4 Å². The van der Waals surface area contributed by atoms with Gasteiger partial charge in [0.2, 0.25) is 0 Å². The largest absolute Gasteiger partial charge is 0.368 e. The van der Waals surface area contributed by atoms with Crippen molar-refractivity contribution in [1.29, 1.82) is 0 Å². The second-order valence-corrected chi connectivity index (χ2v) is 6.00. The van der Waals surface area contributed by atoms with Gasteiger partial charge in [-0.1, -0.05) is 0 Å². The standard InChI is InChI=1S/C9H17NO5S/c1-6-9(15-16(2,12)13)7(10-3-4-10)5-8(11)14-6/h6-9,11H,3-5H2,1-2H3. The summed E-state index contributed by atoms with van der Waals surface area (Å²) in [4.78, 5) is 2.08. The lowest BCUT2D eigenvalue weighted by molar-refractivity contribution is -0.202. The molecule has 0 aliphatic carbocycles. The monoisotopic (exact) mass is 251 g/mol. The second-order valence-electron chi connectivity index (χ2n) is 4.40. The van der Waals surface area contributed by atoms with Crippen LogP contribution in [0.5, 0.6) is 0 Å². The van der Waals surface area contributed by atoms with Gasteiger partial charge in [-0.15, -0.1) is 0 Å². The van der Waals surface area contributed by atoms with Gasteiger partial charge in [0, 0.05) is 25.6 Å². The van der Waals surface area contributed by atoms with Crippen molar-refractivity contribution in [2.75, 3.05) is 19.3 Å². The highest BCUT2D eigenvalue weighted by molar-refractivity contribution is 7.86. The van der Waals surface area contributed by atoms with Crippen molar-refractivity contribution in [3.05, 3.63) is 0 Å².